The van der Waals surface area contributed by atoms with Gasteiger partial charge in [0.05, 0.1) is 0 Å². The van der Waals surface area contributed by atoms with E-state index in [9.17, 15) is 0 Å². The standard InChI is InChI=1S/C82H72O8P2/c1-9-25-63(26-10-1)55-83-71-43-72(84-56-64-27-11-2-12-28-64)48-79(47-71)91(80-49-73(85-57-65-29-13-3-14-30-65)44-74(50-80)86-58-66-31-15-4-16-32-66)41-42-92(81-51-75(87-59-67-33-17-5-18-34-67)45-76(52-81)88-60-68-35-19-6-20-36-68)82-53-77(89-61-69-37-21-7-22-38-69)46-78(54-82)90-62-70-39-23-8-24-40-70/h1-40,43-54H,41-42,55-62H2. The second-order valence-corrected chi connectivity index (χ2v) is 26.8. The molecule has 0 aliphatic rings. The number of hydrogen-bond donors (Lipinski definition) is 0. The van der Waals surface area contributed by atoms with Gasteiger partial charge in [0.15, 0.2) is 0 Å². The van der Waals surface area contributed by atoms with Gasteiger partial charge in [0.25, 0.3) is 0 Å². The van der Waals surface area contributed by atoms with E-state index in [2.05, 4.69) is 146 Å². The Hall–Kier alpha value is -10.1. The highest BCUT2D eigenvalue weighted by atomic mass is 31.1. The maximum absolute atomic E-state index is 6.80. The van der Waals surface area contributed by atoms with Crippen molar-refractivity contribution in [3.63, 3.8) is 0 Å². The molecular weight excluding hydrogens is 1170 g/mol. The second-order valence-electron chi connectivity index (χ2n) is 22.1. The van der Waals surface area contributed by atoms with Crippen LogP contribution in [0.1, 0.15) is 44.5 Å². The van der Waals surface area contributed by atoms with E-state index in [1.165, 1.54) is 0 Å². The molecule has 12 rings (SSSR count). The predicted octanol–water partition coefficient (Wildman–Crippen LogP) is 17.9. The van der Waals surface area contributed by atoms with Crippen LogP contribution in [0.4, 0.5) is 0 Å². The quantitative estimate of drug-likeness (QED) is 0.0398. The van der Waals surface area contributed by atoms with Crippen LogP contribution in [0.25, 0.3) is 0 Å². The molecule has 458 valence electrons. The summed E-state index contributed by atoms with van der Waals surface area (Å²) in [7, 11) is -2.59. The molecule has 8 nitrogen and oxygen atoms in total. The van der Waals surface area contributed by atoms with Crippen molar-refractivity contribution >= 4 is 37.1 Å². The van der Waals surface area contributed by atoms with Crippen molar-refractivity contribution in [2.24, 2.45) is 0 Å². The molecule has 0 saturated heterocycles. The topological polar surface area (TPSA) is 73.8 Å². The monoisotopic (exact) mass is 1250 g/mol. The van der Waals surface area contributed by atoms with Crippen LogP contribution in [-0.2, 0) is 52.9 Å². The molecule has 0 bridgehead atoms. The normalized spacial score (nSPS) is 11.0. The van der Waals surface area contributed by atoms with Gasteiger partial charge in [-0.05, 0) is 142 Å². The number of rotatable bonds is 31. The fourth-order valence-corrected chi connectivity index (χ4v) is 16.0. The third-order valence-electron chi connectivity index (χ3n) is 15.2. The van der Waals surface area contributed by atoms with Gasteiger partial charge >= 0.3 is 0 Å². The largest absolute Gasteiger partial charge is 0.489 e. The lowest BCUT2D eigenvalue weighted by atomic mass is 10.2. The van der Waals surface area contributed by atoms with E-state index < -0.39 is 15.8 Å². The van der Waals surface area contributed by atoms with Gasteiger partial charge in [-0.3, -0.25) is 0 Å². The zero-order valence-corrected chi connectivity index (χ0v) is 53.0. The Morgan fingerprint density at radius 3 is 0.424 bits per heavy atom. The van der Waals surface area contributed by atoms with E-state index >= 15 is 0 Å². The molecule has 92 heavy (non-hydrogen) atoms. The van der Waals surface area contributed by atoms with Crippen LogP contribution in [0.15, 0.2) is 315 Å². The zero-order valence-electron chi connectivity index (χ0n) is 51.3. The van der Waals surface area contributed by atoms with Crippen LogP contribution in [0.3, 0.4) is 0 Å². The van der Waals surface area contributed by atoms with E-state index in [1.807, 2.05) is 170 Å². The summed E-state index contributed by atoms with van der Waals surface area (Å²) >= 11 is 0. The van der Waals surface area contributed by atoms with Crippen LogP contribution in [0.2, 0.25) is 0 Å². The highest BCUT2D eigenvalue weighted by molar-refractivity contribution is 7.76. The molecule has 10 heteroatoms. The van der Waals surface area contributed by atoms with Gasteiger partial charge in [0.1, 0.15) is 98.9 Å². The minimum atomic E-state index is -1.30. The van der Waals surface area contributed by atoms with Crippen molar-refractivity contribution in [1.82, 2.24) is 0 Å². The molecule has 0 amide bonds. The summed E-state index contributed by atoms with van der Waals surface area (Å²) in [5.41, 5.74) is 8.48. The lowest BCUT2D eigenvalue weighted by Crippen LogP contribution is -2.21. The highest BCUT2D eigenvalue weighted by Crippen LogP contribution is 2.46. The zero-order chi connectivity index (χ0) is 62.2. The average molecular weight is 1250 g/mol. The molecule has 0 radical (unpaired) electrons. The Labute approximate surface area is 543 Å². The van der Waals surface area contributed by atoms with Gasteiger partial charge in [0, 0.05) is 24.3 Å². The molecular formula is C82H72O8P2. The maximum Gasteiger partial charge on any atom is 0.124 e. The summed E-state index contributed by atoms with van der Waals surface area (Å²) < 4.78 is 54.4. The van der Waals surface area contributed by atoms with Gasteiger partial charge in [-0.25, -0.2) is 0 Å². The summed E-state index contributed by atoms with van der Waals surface area (Å²) in [6.07, 6.45) is 1.40. The third-order valence-corrected chi connectivity index (χ3v) is 20.5. The molecule has 0 saturated carbocycles. The first-order valence-electron chi connectivity index (χ1n) is 31.0. The van der Waals surface area contributed by atoms with Crippen LogP contribution in [0.5, 0.6) is 46.0 Å². The van der Waals surface area contributed by atoms with Crippen molar-refractivity contribution in [2.75, 3.05) is 12.3 Å². The molecule has 0 N–H and O–H groups in total. The highest BCUT2D eigenvalue weighted by Gasteiger charge is 2.25. The minimum absolute atomic E-state index is 0.376. The van der Waals surface area contributed by atoms with Gasteiger partial charge in [-0.1, -0.05) is 243 Å². The van der Waals surface area contributed by atoms with E-state index in [1.54, 1.807) is 0 Å². The van der Waals surface area contributed by atoms with Crippen molar-refractivity contribution in [3.8, 4) is 46.0 Å². The van der Waals surface area contributed by atoms with Crippen LogP contribution >= 0.6 is 15.8 Å². The fourth-order valence-electron chi connectivity index (χ4n) is 10.5. The molecule has 0 atom stereocenters. The molecule has 0 aliphatic carbocycles. The molecule has 0 unspecified atom stereocenters. The minimum Gasteiger partial charge on any atom is -0.489 e. The Kier molecular flexibility index (Phi) is 22.0. The van der Waals surface area contributed by atoms with Crippen LogP contribution in [0, 0.1) is 0 Å². The Balaban J connectivity index is 1.01. The number of hydrogen-bond acceptors (Lipinski definition) is 8. The first-order chi connectivity index (χ1) is 45.5. The predicted molar refractivity (Wildman–Crippen MR) is 374 cm³/mol. The second kappa shape index (κ2) is 32.6. The Morgan fingerprint density at radius 1 is 0.163 bits per heavy atom. The lowest BCUT2D eigenvalue weighted by molar-refractivity contribution is 0.290. The van der Waals surface area contributed by atoms with E-state index in [4.69, 9.17) is 37.9 Å². The molecule has 0 aromatic heterocycles. The average Bonchev–Trinajstić information content (AvgIpc) is 0.962. The molecule has 0 heterocycles. The summed E-state index contributed by atoms with van der Waals surface area (Å²) in [4.78, 5) is 0. The third kappa shape index (κ3) is 18.7. The van der Waals surface area contributed by atoms with Crippen LogP contribution < -0.4 is 59.1 Å². The number of ether oxygens (including phenoxy) is 8. The molecule has 0 fully saturated rings. The Bertz CT molecular complexity index is 3380. The first-order valence-corrected chi connectivity index (χ1v) is 34.1. The number of benzene rings is 12. The van der Waals surface area contributed by atoms with Gasteiger partial charge in [-0.2, -0.15) is 0 Å². The molecule has 12 aromatic carbocycles. The van der Waals surface area contributed by atoms with Crippen molar-refractivity contribution in [3.05, 3.63) is 360 Å². The van der Waals surface area contributed by atoms with Gasteiger partial charge < -0.3 is 37.9 Å². The lowest BCUT2D eigenvalue weighted by Gasteiger charge is -2.27. The molecule has 0 spiro atoms. The van der Waals surface area contributed by atoms with Gasteiger partial charge in [0.2, 0.25) is 0 Å². The first kappa shape index (κ1) is 62.1. The Morgan fingerprint density at radius 2 is 0.293 bits per heavy atom. The van der Waals surface area contributed by atoms with E-state index in [-0.39, 0.29) is 0 Å². The SMILES string of the molecule is c1ccc(COc2cc(OCc3ccccc3)cc(P(CCP(c3cc(OCc4ccccc4)cc(OCc4ccccc4)c3)c3cc(OCc4ccccc4)cc(OCc4ccccc4)c3)c3cc(OCc4ccccc4)cc(OCc4ccccc4)c3)c2)cc1. The summed E-state index contributed by atoms with van der Waals surface area (Å²) in [5.74, 6) is 5.62. The smallest absolute Gasteiger partial charge is 0.124 e. The molecule has 12 aromatic rings. The maximum atomic E-state index is 6.80. The summed E-state index contributed by atoms with van der Waals surface area (Å²) in [5, 5.41) is 4.26. The van der Waals surface area contributed by atoms with Crippen molar-refractivity contribution in [1.29, 1.82) is 0 Å². The summed E-state index contributed by atoms with van der Waals surface area (Å²) in [6.45, 7) is 3.01. The summed E-state index contributed by atoms with van der Waals surface area (Å²) in [6, 6.07) is 108. The molecule has 0 aliphatic heterocycles. The van der Waals surface area contributed by atoms with E-state index in [0.717, 1.165) is 65.7 Å². The van der Waals surface area contributed by atoms with E-state index in [0.29, 0.717) is 111 Å². The van der Waals surface area contributed by atoms with Crippen molar-refractivity contribution in [2.45, 2.75) is 52.9 Å². The van der Waals surface area contributed by atoms with Crippen LogP contribution in [-0.4, -0.2) is 12.3 Å². The fraction of sp³-hybridized carbons (Fsp3) is 0.122. The van der Waals surface area contributed by atoms with Crippen molar-refractivity contribution < 1.29 is 37.9 Å². The van der Waals surface area contributed by atoms with Gasteiger partial charge in [-0.15, -0.1) is 0 Å².